The average Bonchev–Trinajstić information content (AvgIpc) is 2.08. The molecule has 14 heavy (non-hydrogen) atoms. The number of halogens is 4. The Morgan fingerprint density at radius 1 is 1.64 bits per heavy atom. The number of hydrogen-bond acceptors (Lipinski definition) is 2. The zero-order valence-corrected chi connectivity index (χ0v) is 10.3. The first-order valence-electron chi connectivity index (χ1n) is 3.37. The number of carbonyl (C=O) groups excluding carboxylic acids is 1. The van der Waals surface area contributed by atoms with Gasteiger partial charge >= 0.3 is 0 Å². The molecule has 0 saturated heterocycles. The smallest absolute Gasteiger partial charge is 0.281 e. The van der Waals surface area contributed by atoms with Gasteiger partial charge < -0.3 is 5.73 Å². The van der Waals surface area contributed by atoms with Crippen LogP contribution in [0, 0.1) is 3.57 Å². The first kappa shape index (κ1) is 11.8. The molecule has 0 atom stereocenters. The molecule has 1 aromatic heterocycles. The highest BCUT2D eigenvalue weighted by Crippen LogP contribution is 2.28. The van der Waals surface area contributed by atoms with Crippen molar-refractivity contribution in [2.45, 2.75) is 6.43 Å². The molecule has 0 saturated carbocycles. The summed E-state index contributed by atoms with van der Waals surface area (Å²) >= 11 is 4.83. The molecule has 0 aliphatic rings. The normalized spacial score (nSPS) is 10.6. The Balaban J connectivity index is 3.45. The van der Waals surface area contributed by atoms with Crippen molar-refractivity contribution in [1.29, 1.82) is 0 Å². The fraction of sp³-hybridized carbons (Fsp3) is 0.143. The molecule has 3 nitrogen and oxygen atoms in total. The van der Waals surface area contributed by atoms with Crippen LogP contribution in [-0.4, -0.2) is 10.9 Å². The number of amides is 1. The van der Waals surface area contributed by atoms with E-state index in [2.05, 4.69) is 20.9 Å². The maximum atomic E-state index is 12.4. The lowest BCUT2D eigenvalue weighted by molar-refractivity contribution is 0.0981. The van der Waals surface area contributed by atoms with Crippen LogP contribution in [0.2, 0.25) is 0 Å². The highest BCUT2D eigenvalue weighted by Gasteiger charge is 2.22. The van der Waals surface area contributed by atoms with Crippen LogP contribution < -0.4 is 5.73 Å². The summed E-state index contributed by atoms with van der Waals surface area (Å²) in [6, 6.07) is 0. The topological polar surface area (TPSA) is 56.0 Å². The van der Waals surface area contributed by atoms with Crippen LogP contribution in [0.5, 0.6) is 0 Å². The minimum absolute atomic E-state index is 0.227. The number of alkyl halides is 2. The van der Waals surface area contributed by atoms with Crippen LogP contribution >= 0.6 is 38.5 Å². The van der Waals surface area contributed by atoms with E-state index in [1.54, 1.807) is 22.6 Å². The molecular weight excluding hydrogens is 373 g/mol. The van der Waals surface area contributed by atoms with E-state index in [4.69, 9.17) is 5.73 Å². The summed E-state index contributed by atoms with van der Waals surface area (Å²) in [4.78, 5) is 14.4. The van der Waals surface area contributed by atoms with Gasteiger partial charge in [0, 0.05) is 9.77 Å². The summed E-state index contributed by atoms with van der Waals surface area (Å²) < 4.78 is 25.6. The fourth-order valence-electron chi connectivity index (χ4n) is 0.879. The number of aromatic nitrogens is 1. The number of rotatable bonds is 2. The Kier molecular flexibility index (Phi) is 3.76. The molecule has 0 fully saturated rings. The van der Waals surface area contributed by atoms with Gasteiger partial charge in [0.15, 0.2) is 0 Å². The second-order valence-corrected chi connectivity index (χ2v) is 4.28. The van der Waals surface area contributed by atoms with Crippen molar-refractivity contribution < 1.29 is 13.6 Å². The predicted molar refractivity (Wildman–Crippen MR) is 58.1 cm³/mol. The van der Waals surface area contributed by atoms with Crippen LogP contribution in [0.4, 0.5) is 8.78 Å². The summed E-state index contributed by atoms with van der Waals surface area (Å²) in [5, 5.41) is 0. The van der Waals surface area contributed by atoms with Crippen molar-refractivity contribution in [1.82, 2.24) is 4.98 Å². The van der Waals surface area contributed by atoms with Crippen molar-refractivity contribution in [2.24, 2.45) is 5.73 Å². The van der Waals surface area contributed by atoms with E-state index in [1.807, 2.05) is 0 Å². The minimum atomic E-state index is -2.81. The van der Waals surface area contributed by atoms with Crippen molar-refractivity contribution >= 4 is 44.4 Å². The van der Waals surface area contributed by atoms with Gasteiger partial charge in [0.2, 0.25) is 0 Å². The summed E-state index contributed by atoms with van der Waals surface area (Å²) in [6.07, 6.45) is -1.59. The standard InChI is InChI=1S/C7H4BrF2IN2O/c8-2-1-13-5(6(9)10)3(4(2)11)7(12)14/h1,6H,(H2,12,14). The van der Waals surface area contributed by atoms with Gasteiger partial charge in [0.1, 0.15) is 5.69 Å². The monoisotopic (exact) mass is 376 g/mol. The molecule has 0 aromatic carbocycles. The molecule has 0 aliphatic heterocycles. The van der Waals surface area contributed by atoms with Gasteiger partial charge in [-0.05, 0) is 38.5 Å². The van der Waals surface area contributed by atoms with Gasteiger partial charge in [-0.2, -0.15) is 0 Å². The third kappa shape index (κ3) is 2.19. The SMILES string of the molecule is NC(=O)c1c(C(F)F)ncc(Br)c1I. The molecule has 76 valence electrons. The maximum Gasteiger partial charge on any atom is 0.281 e. The lowest BCUT2D eigenvalue weighted by Crippen LogP contribution is -2.17. The highest BCUT2D eigenvalue weighted by atomic mass is 127. The first-order valence-corrected chi connectivity index (χ1v) is 5.24. The van der Waals surface area contributed by atoms with Gasteiger partial charge in [-0.15, -0.1) is 0 Å². The average molecular weight is 377 g/mol. The molecule has 1 rings (SSSR count). The van der Waals surface area contributed by atoms with Crippen LogP contribution in [0.1, 0.15) is 22.5 Å². The third-order valence-electron chi connectivity index (χ3n) is 1.46. The fourth-order valence-corrected chi connectivity index (χ4v) is 1.86. The summed E-state index contributed by atoms with van der Waals surface area (Å²) in [5.74, 6) is -0.904. The van der Waals surface area contributed by atoms with Crippen LogP contribution in [0.15, 0.2) is 10.7 Å². The van der Waals surface area contributed by atoms with E-state index in [-0.39, 0.29) is 5.56 Å². The molecule has 1 amide bonds. The molecule has 0 spiro atoms. The zero-order valence-electron chi connectivity index (χ0n) is 6.60. The Bertz CT molecular complexity index is 386. The first-order chi connectivity index (χ1) is 6.45. The Hall–Kier alpha value is -0.310. The lowest BCUT2D eigenvalue weighted by atomic mass is 10.2. The minimum Gasteiger partial charge on any atom is -0.366 e. The predicted octanol–water partition coefficient (Wildman–Crippen LogP) is 2.49. The number of nitrogens with zero attached hydrogens (tertiary/aromatic N) is 1. The van der Waals surface area contributed by atoms with Crippen LogP contribution in [0.3, 0.4) is 0 Å². The van der Waals surface area contributed by atoms with Gasteiger partial charge in [0.05, 0.1) is 10.0 Å². The van der Waals surface area contributed by atoms with Gasteiger partial charge in [0.25, 0.3) is 12.3 Å². The largest absolute Gasteiger partial charge is 0.366 e. The zero-order chi connectivity index (χ0) is 10.9. The van der Waals surface area contributed by atoms with Crippen molar-refractivity contribution in [3.63, 3.8) is 0 Å². The van der Waals surface area contributed by atoms with E-state index < -0.39 is 18.0 Å². The number of pyridine rings is 1. The van der Waals surface area contributed by atoms with Gasteiger partial charge in [-0.25, -0.2) is 8.78 Å². The van der Waals surface area contributed by atoms with Crippen molar-refractivity contribution in [3.05, 3.63) is 25.5 Å². The molecule has 0 radical (unpaired) electrons. The van der Waals surface area contributed by atoms with Crippen molar-refractivity contribution in [3.8, 4) is 0 Å². The Morgan fingerprint density at radius 3 is 2.64 bits per heavy atom. The van der Waals surface area contributed by atoms with E-state index >= 15 is 0 Å². The van der Waals surface area contributed by atoms with Crippen LogP contribution in [-0.2, 0) is 0 Å². The molecule has 1 aromatic rings. The van der Waals surface area contributed by atoms with E-state index in [1.165, 1.54) is 6.20 Å². The Labute approximate surface area is 100 Å². The summed E-state index contributed by atoms with van der Waals surface area (Å²) in [6.45, 7) is 0. The third-order valence-corrected chi connectivity index (χ3v) is 3.92. The van der Waals surface area contributed by atoms with Gasteiger partial charge in [-0.1, -0.05) is 0 Å². The molecule has 7 heteroatoms. The number of hydrogen-bond donors (Lipinski definition) is 1. The molecular formula is C7H4BrF2IN2O. The number of carbonyl (C=O) groups is 1. The van der Waals surface area contributed by atoms with E-state index in [0.717, 1.165) is 0 Å². The quantitative estimate of drug-likeness (QED) is 0.806. The highest BCUT2D eigenvalue weighted by molar-refractivity contribution is 14.1. The number of nitrogens with two attached hydrogens (primary N) is 1. The maximum absolute atomic E-state index is 12.4. The Morgan fingerprint density at radius 2 is 2.21 bits per heavy atom. The summed E-state index contributed by atoms with van der Waals surface area (Å²) in [5.41, 5.74) is 4.18. The van der Waals surface area contributed by atoms with Crippen molar-refractivity contribution in [2.75, 3.05) is 0 Å². The van der Waals surface area contributed by atoms with Crippen LogP contribution in [0.25, 0.3) is 0 Å². The molecule has 0 unspecified atom stereocenters. The molecule has 1 heterocycles. The molecule has 0 aliphatic carbocycles. The lowest BCUT2D eigenvalue weighted by Gasteiger charge is -2.07. The second kappa shape index (κ2) is 4.47. The molecule has 0 bridgehead atoms. The van der Waals surface area contributed by atoms with Gasteiger partial charge in [-0.3, -0.25) is 9.78 Å². The second-order valence-electron chi connectivity index (χ2n) is 2.35. The molecule has 2 N–H and O–H groups in total. The van der Waals surface area contributed by atoms with E-state index in [9.17, 15) is 13.6 Å². The number of primary amides is 1. The summed E-state index contributed by atoms with van der Waals surface area (Å²) in [7, 11) is 0. The van der Waals surface area contributed by atoms with E-state index in [0.29, 0.717) is 8.04 Å².